The maximum absolute atomic E-state index is 13.1. The summed E-state index contributed by atoms with van der Waals surface area (Å²) in [6, 6.07) is 1.06. The lowest BCUT2D eigenvalue weighted by Gasteiger charge is -2.29. The summed E-state index contributed by atoms with van der Waals surface area (Å²) < 4.78 is 11.2. The van der Waals surface area contributed by atoms with Crippen LogP contribution < -0.4 is 15.4 Å². The molecule has 1 atom stereocenters. The highest BCUT2D eigenvalue weighted by Crippen LogP contribution is 2.51. The van der Waals surface area contributed by atoms with Crippen molar-refractivity contribution in [2.24, 2.45) is 17.8 Å². The summed E-state index contributed by atoms with van der Waals surface area (Å²) in [5, 5.41) is 5.73. The predicted octanol–water partition coefficient (Wildman–Crippen LogP) is 4.12. The molecule has 1 aromatic heterocycles. The number of carbonyl (C=O) groups excluding carboxylic acids is 2. The van der Waals surface area contributed by atoms with E-state index in [1.54, 1.807) is 33.0 Å². The van der Waals surface area contributed by atoms with Gasteiger partial charge in [-0.2, -0.15) is 0 Å². The first-order valence-electron chi connectivity index (χ1n) is 9.68. The Morgan fingerprint density at radius 2 is 1.82 bits per heavy atom. The molecular weight excluding hydrogens is 426 g/mol. The molecule has 2 aliphatic carbocycles. The third-order valence-electron chi connectivity index (χ3n) is 4.97. The molecule has 2 N–H and O–H groups in total. The number of rotatable bonds is 7. The van der Waals surface area contributed by atoms with Crippen LogP contribution in [0.5, 0.6) is 5.75 Å². The van der Waals surface area contributed by atoms with Crippen LogP contribution in [0.2, 0.25) is 0 Å². The highest BCUT2D eigenvalue weighted by atomic mass is 79.9. The zero-order chi connectivity index (χ0) is 20.5. The Bertz CT molecular complexity index is 729. The van der Waals surface area contributed by atoms with E-state index in [-0.39, 0.29) is 11.8 Å². The Hall–Kier alpha value is -1.83. The molecule has 2 aliphatic rings. The summed E-state index contributed by atoms with van der Waals surface area (Å²) in [5.74, 6) is 1.38. The van der Waals surface area contributed by atoms with Gasteiger partial charge in [-0.15, -0.1) is 0 Å². The van der Waals surface area contributed by atoms with E-state index >= 15 is 0 Å². The lowest BCUT2D eigenvalue weighted by atomic mass is 9.88. The molecule has 0 spiro atoms. The Labute approximate surface area is 174 Å². The molecule has 0 aromatic carbocycles. The Balaban J connectivity index is 1.77. The highest BCUT2D eigenvalue weighted by Gasteiger charge is 2.48. The maximum atomic E-state index is 13.1. The van der Waals surface area contributed by atoms with Crippen LogP contribution in [0.3, 0.4) is 0 Å². The maximum Gasteiger partial charge on any atom is 0.408 e. The van der Waals surface area contributed by atoms with Gasteiger partial charge in [0.15, 0.2) is 5.75 Å². The third kappa shape index (κ3) is 5.59. The fraction of sp³-hybridized carbons (Fsp3) is 0.650. The summed E-state index contributed by atoms with van der Waals surface area (Å²) in [4.78, 5) is 29.7. The van der Waals surface area contributed by atoms with Gasteiger partial charge < -0.3 is 20.1 Å². The van der Waals surface area contributed by atoms with Crippen LogP contribution in [-0.2, 0) is 9.53 Å². The first kappa shape index (κ1) is 20.9. The summed E-state index contributed by atoms with van der Waals surface area (Å²) in [7, 11) is 1.54. The molecule has 0 bridgehead atoms. The van der Waals surface area contributed by atoms with Crippen LogP contribution in [0.25, 0.3) is 0 Å². The van der Waals surface area contributed by atoms with Crippen LogP contribution in [0.1, 0.15) is 46.5 Å². The van der Waals surface area contributed by atoms with E-state index in [0.717, 1.165) is 25.7 Å². The van der Waals surface area contributed by atoms with Crippen molar-refractivity contribution in [1.82, 2.24) is 10.3 Å². The summed E-state index contributed by atoms with van der Waals surface area (Å²) in [5.41, 5.74) is -0.102. The van der Waals surface area contributed by atoms with E-state index in [9.17, 15) is 9.59 Å². The molecule has 0 saturated heterocycles. The number of alkyl carbamates (subject to hydrolysis) is 1. The standard InChI is InChI=1S/C20H28BrN3O4/c1-20(2,3)28-19(26)24-16(15(11-5-6-11)12-7-8-12)18(25)23-13-9-14(27-4)17(21)22-10-13/h9-12,15-16H,5-8H2,1-4H3,(H,23,25)(H,24,26). The number of nitrogens with zero attached hydrogens (tertiary/aromatic N) is 1. The van der Waals surface area contributed by atoms with Crippen molar-refractivity contribution in [3.8, 4) is 5.75 Å². The fourth-order valence-electron chi connectivity index (χ4n) is 3.52. The molecule has 0 aliphatic heterocycles. The number of aromatic nitrogens is 1. The largest absolute Gasteiger partial charge is 0.494 e. The van der Waals surface area contributed by atoms with E-state index in [4.69, 9.17) is 9.47 Å². The first-order chi connectivity index (χ1) is 13.2. The molecule has 3 rings (SSSR count). The van der Waals surface area contributed by atoms with Crippen LogP contribution in [0.15, 0.2) is 16.9 Å². The lowest BCUT2D eigenvalue weighted by Crippen LogP contribution is -2.51. The van der Waals surface area contributed by atoms with Gasteiger partial charge in [0.25, 0.3) is 0 Å². The van der Waals surface area contributed by atoms with Crippen LogP contribution >= 0.6 is 15.9 Å². The number of ether oxygens (including phenoxy) is 2. The van der Waals surface area contributed by atoms with E-state index in [1.165, 1.54) is 7.11 Å². The number of carbonyl (C=O) groups is 2. The second-order valence-corrected chi connectivity index (χ2v) is 9.33. The van der Waals surface area contributed by atoms with Crippen molar-refractivity contribution < 1.29 is 19.1 Å². The Morgan fingerprint density at radius 3 is 2.32 bits per heavy atom. The highest BCUT2D eigenvalue weighted by molar-refractivity contribution is 9.10. The van der Waals surface area contributed by atoms with Gasteiger partial charge in [-0.25, -0.2) is 9.78 Å². The molecule has 2 fully saturated rings. The van der Waals surface area contributed by atoms with Gasteiger partial charge in [-0.05, 0) is 80.1 Å². The molecule has 1 unspecified atom stereocenters. The van der Waals surface area contributed by atoms with Crippen LogP contribution in [0.4, 0.5) is 10.5 Å². The minimum atomic E-state index is -0.635. The summed E-state index contributed by atoms with van der Waals surface area (Å²) in [6.07, 6.45) is 5.41. The quantitative estimate of drug-likeness (QED) is 0.605. The molecule has 2 saturated carbocycles. The van der Waals surface area contributed by atoms with Crippen molar-refractivity contribution in [2.75, 3.05) is 12.4 Å². The van der Waals surface area contributed by atoms with E-state index in [1.807, 2.05) is 0 Å². The van der Waals surface area contributed by atoms with Crippen molar-refractivity contribution in [2.45, 2.75) is 58.1 Å². The van der Waals surface area contributed by atoms with Gasteiger partial charge in [0.1, 0.15) is 16.2 Å². The minimum Gasteiger partial charge on any atom is -0.494 e. The molecule has 1 heterocycles. The molecule has 154 valence electrons. The lowest BCUT2D eigenvalue weighted by molar-refractivity contribution is -0.120. The minimum absolute atomic E-state index is 0.137. The normalized spacial score (nSPS) is 17.8. The summed E-state index contributed by atoms with van der Waals surface area (Å²) >= 11 is 3.30. The molecule has 0 radical (unpaired) electrons. The van der Waals surface area contributed by atoms with E-state index in [0.29, 0.717) is 27.9 Å². The van der Waals surface area contributed by atoms with Gasteiger partial charge in [0, 0.05) is 6.07 Å². The molecule has 8 heteroatoms. The van der Waals surface area contributed by atoms with Gasteiger partial charge >= 0.3 is 6.09 Å². The number of nitrogens with one attached hydrogen (secondary N) is 2. The number of hydrogen-bond donors (Lipinski definition) is 2. The fourth-order valence-corrected chi connectivity index (χ4v) is 3.90. The number of hydrogen-bond acceptors (Lipinski definition) is 5. The average molecular weight is 454 g/mol. The molecule has 28 heavy (non-hydrogen) atoms. The molecule has 1 aromatic rings. The average Bonchev–Trinajstić information content (AvgIpc) is 3.48. The Kier molecular flexibility index (Phi) is 6.17. The number of halogens is 1. The monoisotopic (exact) mass is 453 g/mol. The van der Waals surface area contributed by atoms with Gasteiger partial charge in [0.05, 0.1) is 19.0 Å². The van der Waals surface area contributed by atoms with E-state index < -0.39 is 17.7 Å². The molecular formula is C20H28BrN3O4. The first-order valence-corrected chi connectivity index (χ1v) is 10.5. The number of amides is 2. The smallest absolute Gasteiger partial charge is 0.408 e. The van der Waals surface area contributed by atoms with E-state index in [2.05, 4.69) is 31.5 Å². The van der Waals surface area contributed by atoms with Crippen LogP contribution in [-0.4, -0.2) is 35.7 Å². The van der Waals surface area contributed by atoms with Gasteiger partial charge in [-0.3, -0.25) is 4.79 Å². The third-order valence-corrected chi connectivity index (χ3v) is 5.56. The van der Waals surface area contributed by atoms with Crippen molar-refractivity contribution in [3.63, 3.8) is 0 Å². The van der Waals surface area contributed by atoms with Gasteiger partial charge in [0.2, 0.25) is 5.91 Å². The van der Waals surface area contributed by atoms with Crippen molar-refractivity contribution in [3.05, 3.63) is 16.9 Å². The number of anilines is 1. The van der Waals surface area contributed by atoms with Crippen molar-refractivity contribution >= 4 is 33.6 Å². The summed E-state index contributed by atoms with van der Waals surface area (Å²) in [6.45, 7) is 5.42. The molecule has 2 amide bonds. The topological polar surface area (TPSA) is 89.6 Å². The SMILES string of the molecule is COc1cc(NC(=O)C(NC(=O)OC(C)(C)C)C(C2CC2)C2CC2)cnc1Br. The van der Waals surface area contributed by atoms with Crippen molar-refractivity contribution in [1.29, 1.82) is 0 Å². The molecule has 7 nitrogen and oxygen atoms in total. The second kappa shape index (κ2) is 8.27. The van der Waals surface area contributed by atoms with Gasteiger partial charge in [-0.1, -0.05) is 0 Å². The van der Waals surface area contributed by atoms with Crippen LogP contribution in [0, 0.1) is 17.8 Å². The zero-order valence-electron chi connectivity index (χ0n) is 16.8. The number of pyridine rings is 1. The Morgan fingerprint density at radius 1 is 1.21 bits per heavy atom. The number of methoxy groups -OCH3 is 1. The zero-order valence-corrected chi connectivity index (χ0v) is 18.3. The predicted molar refractivity (Wildman–Crippen MR) is 109 cm³/mol. The second-order valence-electron chi connectivity index (χ2n) is 8.58.